The molecule has 3 aromatic carbocycles. The van der Waals surface area contributed by atoms with E-state index in [1.807, 2.05) is 77.5 Å². The molecule has 1 N–H and O–H groups in total. The SMILES string of the molecule is CC(=O)c1ccc(-c2cc(-c3ccc(C(C)=O)cc3)c3nc(-c4ccc(O)cc4)cn3c2)cc1. The number of hydrogen-bond acceptors (Lipinski definition) is 4. The van der Waals surface area contributed by atoms with Crippen LogP contribution in [0.3, 0.4) is 0 Å². The lowest BCUT2D eigenvalue weighted by Crippen LogP contribution is -1.94. The number of aromatic nitrogens is 2. The van der Waals surface area contributed by atoms with Crippen molar-refractivity contribution >= 4 is 17.2 Å². The Morgan fingerprint density at radius 3 is 1.76 bits per heavy atom. The fourth-order valence-corrected chi connectivity index (χ4v) is 4.02. The van der Waals surface area contributed by atoms with Crippen LogP contribution >= 0.6 is 0 Å². The van der Waals surface area contributed by atoms with Crippen molar-refractivity contribution < 1.29 is 14.7 Å². The van der Waals surface area contributed by atoms with E-state index in [4.69, 9.17) is 4.98 Å². The monoisotopic (exact) mass is 446 g/mol. The Bertz CT molecular complexity index is 1530. The first-order valence-corrected chi connectivity index (χ1v) is 10.9. The number of phenols is 1. The second kappa shape index (κ2) is 8.45. The lowest BCUT2D eigenvalue weighted by atomic mass is 9.99. The molecule has 0 aliphatic carbocycles. The van der Waals surface area contributed by atoms with Gasteiger partial charge in [-0.25, -0.2) is 4.98 Å². The van der Waals surface area contributed by atoms with E-state index < -0.39 is 0 Å². The second-order valence-electron chi connectivity index (χ2n) is 8.31. The van der Waals surface area contributed by atoms with Gasteiger partial charge in [-0.15, -0.1) is 0 Å². The minimum atomic E-state index is 0.0198. The molecular weight excluding hydrogens is 424 g/mol. The topological polar surface area (TPSA) is 71.7 Å². The number of fused-ring (bicyclic) bond motifs is 1. The highest BCUT2D eigenvalue weighted by atomic mass is 16.3. The lowest BCUT2D eigenvalue weighted by molar-refractivity contribution is 0.100. The van der Waals surface area contributed by atoms with E-state index in [2.05, 4.69) is 6.07 Å². The maximum absolute atomic E-state index is 11.7. The van der Waals surface area contributed by atoms with Crippen LogP contribution in [0, 0.1) is 0 Å². The molecular formula is C29H22N2O3. The smallest absolute Gasteiger partial charge is 0.159 e. The van der Waals surface area contributed by atoms with Crippen LogP contribution in [0.15, 0.2) is 91.3 Å². The predicted octanol–water partition coefficient (Wildman–Crippen LogP) is 6.45. The fraction of sp³-hybridized carbons (Fsp3) is 0.0690. The third kappa shape index (κ3) is 3.99. The zero-order chi connectivity index (χ0) is 23.8. The minimum absolute atomic E-state index is 0.0198. The summed E-state index contributed by atoms with van der Waals surface area (Å²) in [6, 6.07) is 24.1. The van der Waals surface area contributed by atoms with Crippen molar-refractivity contribution in [1.82, 2.24) is 9.38 Å². The molecule has 5 heteroatoms. The van der Waals surface area contributed by atoms with Crippen molar-refractivity contribution in [1.29, 1.82) is 0 Å². The van der Waals surface area contributed by atoms with Crippen molar-refractivity contribution in [3.05, 3.63) is 102 Å². The summed E-state index contributed by atoms with van der Waals surface area (Å²) in [5.41, 5.74) is 7.61. The van der Waals surface area contributed by atoms with Gasteiger partial charge in [0.1, 0.15) is 11.4 Å². The van der Waals surface area contributed by atoms with Gasteiger partial charge in [-0.05, 0) is 60.9 Å². The number of ketones is 2. The summed E-state index contributed by atoms with van der Waals surface area (Å²) >= 11 is 0. The molecule has 0 radical (unpaired) electrons. The summed E-state index contributed by atoms with van der Waals surface area (Å²) < 4.78 is 1.99. The van der Waals surface area contributed by atoms with Crippen molar-refractivity contribution in [2.45, 2.75) is 13.8 Å². The summed E-state index contributed by atoms with van der Waals surface area (Å²) in [6.45, 7) is 3.11. The Morgan fingerprint density at radius 1 is 0.676 bits per heavy atom. The molecule has 0 fully saturated rings. The van der Waals surface area contributed by atoms with Crippen molar-refractivity contribution in [3.8, 4) is 39.3 Å². The molecule has 0 spiro atoms. The van der Waals surface area contributed by atoms with E-state index in [0.29, 0.717) is 11.1 Å². The van der Waals surface area contributed by atoms with Gasteiger partial charge in [-0.1, -0.05) is 48.5 Å². The summed E-state index contributed by atoms with van der Waals surface area (Å²) in [6.07, 6.45) is 3.98. The highest BCUT2D eigenvalue weighted by Gasteiger charge is 2.14. The predicted molar refractivity (Wildman–Crippen MR) is 133 cm³/mol. The zero-order valence-electron chi connectivity index (χ0n) is 18.8. The standard InChI is InChI=1S/C29H22N2O3/c1-18(32)20-3-7-22(8-4-20)25-15-27(23-9-5-21(6-10-23)19(2)33)29-30-28(17-31(29)16-25)24-11-13-26(34)14-12-24/h3-17,34H,1-2H3. The first-order valence-electron chi connectivity index (χ1n) is 10.9. The van der Waals surface area contributed by atoms with Crippen LogP contribution in [0.5, 0.6) is 5.75 Å². The molecule has 34 heavy (non-hydrogen) atoms. The highest BCUT2D eigenvalue weighted by Crippen LogP contribution is 2.32. The van der Waals surface area contributed by atoms with Crippen molar-refractivity contribution in [3.63, 3.8) is 0 Å². The number of rotatable bonds is 5. The highest BCUT2D eigenvalue weighted by molar-refractivity contribution is 5.95. The number of pyridine rings is 1. The third-order valence-corrected chi connectivity index (χ3v) is 5.94. The number of carbonyl (C=O) groups is 2. The minimum Gasteiger partial charge on any atom is -0.508 e. The van der Waals surface area contributed by atoms with E-state index >= 15 is 0 Å². The Labute approximate surface area is 197 Å². The third-order valence-electron chi connectivity index (χ3n) is 5.94. The fourth-order valence-electron chi connectivity index (χ4n) is 4.02. The summed E-state index contributed by atoms with van der Waals surface area (Å²) in [5.74, 6) is 0.253. The Hall–Kier alpha value is -4.51. The van der Waals surface area contributed by atoms with Gasteiger partial charge in [0.05, 0.1) is 5.69 Å². The average Bonchev–Trinajstić information content (AvgIpc) is 3.28. The maximum Gasteiger partial charge on any atom is 0.159 e. The molecule has 0 amide bonds. The van der Waals surface area contributed by atoms with Crippen LogP contribution in [0.4, 0.5) is 0 Å². The molecule has 0 unspecified atom stereocenters. The summed E-state index contributed by atoms with van der Waals surface area (Å²) in [7, 11) is 0. The Kier molecular flexibility index (Phi) is 5.30. The quantitative estimate of drug-likeness (QED) is 0.315. The van der Waals surface area contributed by atoms with Gasteiger partial charge in [-0.3, -0.25) is 9.59 Å². The molecule has 0 saturated carbocycles. The summed E-state index contributed by atoms with van der Waals surface area (Å²) in [4.78, 5) is 28.3. The Balaban J connectivity index is 1.69. The molecule has 0 aliphatic rings. The Morgan fingerprint density at radius 2 is 1.21 bits per heavy atom. The van der Waals surface area contributed by atoms with E-state index in [9.17, 15) is 14.7 Å². The van der Waals surface area contributed by atoms with Gasteiger partial charge in [0, 0.05) is 34.6 Å². The van der Waals surface area contributed by atoms with Gasteiger partial charge in [0.25, 0.3) is 0 Å². The molecule has 2 aromatic heterocycles. The number of hydrogen-bond donors (Lipinski definition) is 1. The first kappa shape index (κ1) is 21.3. The van der Waals surface area contributed by atoms with E-state index in [1.165, 1.54) is 0 Å². The molecule has 2 heterocycles. The number of aromatic hydroxyl groups is 1. The van der Waals surface area contributed by atoms with Crippen molar-refractivity contribution in [2.75, 3.05) is 0 Å². The van der Waals surface area contributed by atoms with Gasteiger partial charge in [-0.2, -0.15) is 0 Å². The molecule has 0 aliphatic heterocycles. The first-order chi connectivity index (χ1) is 16.4. The molecule has 5 aromatic rings. The van der Waals surface area contributed by atoms with Gasteiger partial charge in [0.15, 0.2) is 11.6 Å². The number of imidazole rings is 1. The molecule has 0 bridgehead atoms. The molecule has 5 nitrogen and oxygen atoms in total. The summed E-state index contributed by atoms with van der Waals surface area (Å²) in [5, 5.41) is 9.64. The number of Topliss-reactive ketones (excluding diaryl/α,β-unsaturated/α-hetero) is 2. The van der Waals surface area contributed by atoms with Crippen LogP contribution in [-0.4, -0.2) is 26.1 Å². The number of nitrogens with zero attached hydrogens (tertiary/aromatic N) is 2. The normalized spacial score (nSPS) is 11.0. The van der Waals surface area contributed by atoms with E-state index in [0.717, 1.165) is 39.2 Å². The lowest BCUT2D eigenvalue weighted by Gasteiger charge is -2.10. The van der Waals surface area contributed by atoms with Crippen molar-refractivity contribution in [2.24, 2.45) is 0 Å². The molecule has 166 valence electrons. The molecule has 5 rings (SSSR count). The largest absolute Gasteiger partial charge is 0.508 e. The zero-order valence-corrected chi connectivity index (χ0v) is 18.8. The maximum atomic E-state index is 11.7. The number of benzene rings is 3. The van der Waals surface area contributed by atoms with Gasteiger partial charge >= 0.3 is 0 Å². The number of phenolic OH excluding ortho intramolecular Hbond substituents is 1. The van der Waals surface area contributed by atoms with Gasteiger partial charge in [0.2, 0.25) is 0 Å². The average molecular weight is 447 g/mol. The van der Waals surface area contributed by atoms with E-state index in [-0.39, 0.29) is 17.3 Å². The second-order valence-corrected chi connectivity index (χ2v) is 8.31. The van der Waals surface area contributed by atoms with Crippen LogP contribution in [0.1, 0.15) is 34.6 Å². The molecule has 0 atom stereocenters. The van der Waals surface area contributed by atoms with Crippen LogP contribution in [0.2, 0.25) is 0 Å². The molecule has 0 saturated heterocycles. The van der Waals surface area contributed by atoms with Crippen LogP contribution < -0.4 is 0 Å². The van der Waals surface area contributed by atoms with E-state index in [1.54, 1.807) is 26.0 Å². The van der Waals surface area contributed by atoms with Crippen LogP contribution in [-0.2, 0) is 0 Å². The number of carbonyl (C=O) groups excluding carboxylic acids is 2. The van der Waals surface area contributed by atoms with Crippen LogP contribution in [0.25, 0.3) is 39.2 Å². The van der Waals surface area contributed by atoms with Gasteiger partial charge < -0.3 is 9.51 Å².